The molecule has 0 bridgehead atoms. The minimum atomic E-state index is -0.107. The van der Waals surface area contributed by atoms with Gasteiger partial charge in [-0.15, -0.1) is 5.10 Å². The fraction of sp³-hybridized carbons (Fsp3) is 0.750. The minimum Gasteiger partial charge on any atom is -0.339 e. The number of rotatable bonds is 6. The van der Waals surface area contributed by atoms with Crippen molar-refractivity contribution in [2.75, 3.05) is 13.6 Å². The second-order valence-corrected chi connectivity index (χ2v) is 4.55. The smallest absolute Gasteiger partial charge is 0.293 e. The Hall–Kier alpha value is -1.39. The molecule has 1 N–H and O–H groups in total. The van der Waals surface area contributed by atoms with Crippen LogP contribution in [0.25, 0.3) is 0 Å². The first-order valence-corrected chi connectivity index (χ1v) is 6.25. The number of carbonyl (C=O) groups excluding carboxylic acids is 1. The van der Waals surface area contributed by atoms with Crippen LogP contribution in [0, 0.1) is 5.92 Å². The van der Waals surface area contributed by atoms with Crippen molar-refractivity contribution in [2.45, 2.75) is 40.0 Å². The summed E-state index contributed by atoms with van der Waals surface area (Å²) in [5.74, 6) is 1.45. The number of aryl methyl sites for hydroxylation is 1. The Morgan fingerprint density at radius 1 is 1.47 bits per heavy atom. The highest BCUT2D eigenvalue weighted by molar-refractivity contribution is 5.90. The van der Waals surface area contributed by atoms with Gasteiger partial charge >= 0.3 is 0 Å². The average Bonchev–Trinajstić information content (AvgIpc) is 2.76. The van der Waals surface area contributed by atoms with Gasteiger partial charge in [-0.05, 0) is 12.3 Å². The summed E-state index contributed by atoms with van der Waals surface area (Å²) in [5, 5.41) is 6.76. The van der Waals surface area contributed by atoms with Gasteiger partial charge in [-0.3, -0.25) is 9.89 Å². The van der Waals surface area contributed by atoms with Crippen LogP contribution in [0.5, 0.6) is 0 Å². The molecule has 1 aromatic rings. The highest BCUT2D eigenvalue weighted by atomic mass is 16.2. The number of H-pyrrole nitrogens is 1. The van der Waals surface area contributed by atoms with Crippen LogP contribution in [0.2, 0.25) is 0 Å². The fourth-order valence-corrected chi connectivity index (χ4v) is 1.59. The zero-order valence-electron chi connectivity index (χ0n) is 11.2. The molecule has 5 heteroatoms. The molecule has 0 aliphatic rings. The third-order valence-electron chi connectivity index (χ3n) is 2.84. The van der Waals surface area contributed by atoms with Gasteiger partial charge in [-0.2, -0.15) is 0 Å². The van der Waals surface area contributed by atoms with Crippen LogP contribution in [-0.2, 0) is 6.42 Å². The van der Waals surface area contributed by atoms with Gasteiger partial charge in [0.25, 0.3) is 5.91 Å². The number of hydrogen-bond donors (Lipinski definition) is 1. The van der Waals surface area contributed by atoms with Crippen molar-refractivity contribution < 1.29 is 4.79 Å². The van der Waals surface area contributed by atoms with Crippen molar-refractivity contribution in [3.8, 4) is 0 Å². The molecule has 17 heavy (non-hydrogen) atoms. The molecular weight excluding hydrogens is 216 g/mol. The lowest BCUT2D eigenvalue weighted by Gasteiger charge is -2.19. The van der Waals surface area contributed by atoms with E-state index in [-0.39, 0.29) is 11.7 Å². The van der Waals surface area contributed by atoms with E-state index in [9.17, 15) is 4.79 Å². The van der Waals surface area contributed by atoms with E-state index in [0.717, 1.165) is 31.6 Å². The maximum absolute atomic E-state index is 12.0. The van der Waals surface area contributed by atoms with E-state index in [1.165, 1.54) is 0 Å². The number of aromatic nitrogens is 3. The van der Waals surface area contributed by atoms with Crippen LogP contribution in [0.15, 0.2) is 0 Å². The maximum atomic E-state index is 12.0. The second-order valence-electron chi connectivity index (χ2n) is 4.55. The minimum absolute atomic E-state index is 0.107. The Balaban J connectivity index is 2.61. The highest BCUT2D eigenvalue weighted by Gasteiger charge is 2.18. The van der Waals surface area contributed by atoms with E-state index in [1.54, 1.807) is 11.9 Å². The Bertz CT molecular complexity index is 361. The van der Waals surface area contributed by atoms with Gasteiger partial charge in [0, 0.05) is 20.0 Å². The van der Waals surface area contributed by atoms with Gasteiger partial charge in [0.1, 0.15) is 5.82 Å². The summed E-state index contributed by atoms with van der Waals surface area (Å²) in [4.78, 5) is 17.9. The Morgan fingerprint density at radius 2 is 2.18 bits per heavy atom. The normalized spacial score (nSPS) is 12.5. The molecule has 0 radical (unpaired) electrons. The topological polar surface area (TPSA) is 61.9 Å². The van der Waals surface area contributed by atoms with Gasteiger partial charge in [0.05, 0.1) is 0 Å². The van der Waals surface area contributed by atoms with Crippen LogP contribution < -0.4 is 0 Å². The van der Waals surface area contributed by atoms with Crippen molar-refractivity contribution in [3.05, 3.63) is 11.6 Å². The molecule has 1 atom stereocenters. The maximum Gasteiger partial charge on any atom is 0.293 e. The van der Waals surface area contributed by atoms with Crippen LogP contribution in [0.3, 0.4) is 0 Å². The summed E-state index contributed by atoms with van der Waals surface area (Å²) in [6, 6.07) is 0. The van der Waals surface area contributed by atoms with Crippen LogP contribution in [0.1, 0.15) is 50.1 Å². The van der Waals surface area contributed by atoms with E-state index in [0.29, 0.717) is 5.92 Å². The van der Waals surface area contributed by atoms with Gasteiger partial charge in [-0.25, -0.2) is 4.98 Å². The summed E-state index contributed by atoms with van der Waals surface area (Å²) < 4.78 is 0. The fourth-order valence-electron chi connectivity index (χ4n) is 1.59. The van der Waals surface area contributed by atoms with Gasteiger partial charge in [0.15, 0.2) is 0 Å². The molecule has 0 aliphatic carbocycles. The number of aromatic amines is 1. The van der Waals surface area contributed by atoms with Crippen molar-refractivity contribution in [1.82, 2.24) is 20.1 Å². The van der Waals surface area contributed by atoms with Crippen LogP contribution in [0.4, 0.5) is 0 Å². The number of amides is 1. The first-order valence-electron chi connectivity index (χ1n) is 6.25. The van der Waals surface area contributed by atoms with E-state index in [2.05, 4.69) is 36.0 Å². The van der Waals surface area contributed by atoms with Crippen molar-refractivity contribution >= 4 is 5.91 Å². The second kappa shape index (κ2) is 6.37. The first-order chi connectivity index (χ1) is 8.08. The summed E-state index contributed by atoms with van der Waals surface area (Å²) in [7, 11) is 1.80. The number of carbonyl (C=O) groups is 1. The summed E-state index contributed by atoms with van der Waals surface area (Å²) in [5.41, 5.74) is 0. The van der Waals surface area contributed by atoms with Crippen LogP contribution in [-0.4, -0.2) is 39.6 Å². The third-order valence-corrected chi connectivity index (χ3v) is 2.84. The standard InChI is InChI=1S/C12H22N4O/c1-5-7-10-13-11(15-14-10)12(17)16(4)8-9(3)6-2/h9H,5-8H2,1-4H3,(H,13,14,15). The first kappa shape index (κ1) is 13.7. The molecular formula is C12H22N4O. The zero-order valence-corrected chi connectivity index (χ0v) is 11.2. The van der Waals surface area contributed by atoms with E-state index in [1.807, 2.05) is 0 Å². The highest BCUT2D eigenvalue weighted by Crippen LogP contribution is 2.06. The predicted molar refractivity (Wildman–Crippen MR) is 66.8 cm³/mol. The monoisotopic (exact) mass is 238 g/mol. The molecule has 0 aliphatic heterocycles. The molecule has 0 saturated carbocycles. The lowest BCUT2D eigenvalue weighted by molar-refractivity contribution is 0.0763. The quantitative estimate of drug-likeness (QED) is 0.823. The van der Waals surface area contributed by atoms with Crippen LogP contribution >= 0.6 is 0 Å². The zero-order chi connectivity index (χ0) is 12.8. The van der Waals surface area contributed by atoms with E-state index >= 15 is 0 Å². The summed E-state index contributed by atoms with van der Waals surface area (Å²) in [6.07, 6.45) is 2.88. The summed E-state index contributed by atoms with van der Waals surface area (Å²) in [6.45, 7) is 7.06. The Kier molecular flexibility index (Phi) is 5.12. The molecule has 0 spiro atoms. The van der Waals surface area contributed by atoms with Gasteiger partial charge in [-0.1, -0.05) is 27.2 Å². The molecule has 0 fully saturated rings. The number of hydrogen-bond acceptors (Lipinski definition) is 3. The molecule has 1 rings (SSSR count). The van der Waals surface area contributed by atoms with Gasteiger partial charge in [0.2, 0.25) is 5.82 Å². The Labute approximate surface area is 103 Å². The number of nitrogens with one attached hydrogen (secondary N) is 1. The molecule has 5 nitrogen and oxygen atoms in total. The molecule has 1 heterocycles. The molecule has 96 valence electrons. The van der Waals surface area contributed by atoms with Gasteiger partial charge < -0.3 is 4.90 Å². The van der Waals surface area contributed by atoms with Crippen molar-refractivity contribution in [3.63, 3.8) is 0 Å². The molecule has 1 aromatic heterocycles. The molecule has 1 unspecified atom stereocenters. The molecule has 0 saturated heterocycles. The predicted octanol–water partition coefficient (Wildman–Crippen LogP) is 1.88. The third kappa shape index (κ3) is 3.84. The van der Waals surface area contributed by atoms with E-state index in [4.69, 9.17) is 0 Å². The van der Waals surface area contributed by atoms with Crippen molar-refractivity contribution in [1.29, 1.82) is 0 Å². The molecule has 0 aromatic carbocycles. The Morgan fingerprint density at radius 3 is 2.76 bits per heavy atom. The SMILES string of the molecule is CCCc1nc(C(=O)N(C)CC(C)CC)n[nH]1. The largest absolute Gasteiger partial charge is 0.339 e. The van der Waals surface area contributed by atoms with Crippen molar-refractivity contribution in [2.24, 2.45) is 5.92 Å². The lowest BCUT2D eigenvalue weighted by Crippen LogP contribution is -2.31. The number of nitrogens with zero attached hydrogens (tertiary/aromatic N) is 3. The molecule has 1 amide bonds. The average molecular weight is 238 g/mol. The lowest BCUT2D eigenvalue weighted by atomic mass is 10.1. The van der Waals surface area contributed by atoms with E-state index < -0.39 is 0 Å². The summed E-state index contributed by atoms with van der Waals surface area (Å²) >= 11 is 0.